The van der Waals surface area contributed by atoms with Crippen LogP contribution in [-0.2, 0) is 61.9 Å². The van der Waals surface area contributed by atoms with Crippen LogP contribution in [0.25, 0.3) is 0 Å². The van der Waals surface area contributed by atoms with E-state index in [-0.39, 0.29) is 0 Å². The van der Waals surface area contributed by atoms with Gasteiger partial charge in [0.1, 0.15) is 0 Å². The van der Waals surface area contributed by atoms with E-state index in [9.17, 15) is 59.4 Å². The molecule has 0 radical (unpaired) electrons. The Morgan fingerprint density at radius 1 is 0.415 bits per heavy atom. The predicted molar refractivity (Wildman–Crippen MR) is 178 cm³/mol. The molecule has 0 aliphatic heterocycles. The molecule has 0 spiro atoms. The fraction of sp³-hybridized carbons (Fsp3) is 0.471. The van der Waals surface area contributed by atoms with Gasteiger partial charge in [-0.1, -0.05) is 39.5 Å². The summed E-state index contributed by atoms with van der Waals surface area (Å²) in [4.78, 5) is 76.7. The minimum Gasteiger partial charge on any atom is -0.396 e. The zero-order valence-corrected chi connectivity index (χ0v) is 28.9. The number of esters is 6. The molecule has 0 heterocycles. The minimum atomic E-state index is -3.42. The molecule has 296 valence electrons. The number of aliphatic hydroxyl groups excluding tert-OH is 6. The van der Waals surface area contributed by atoms with Crippen molar-refractivity contribution in [1.82, 2.24) is 0 Å². The molecule has 0 bridgehead atoms. The highest BCUT2D eigenvalue weighted by atomic mass is 16.9. The van der Waals surface area contributed by atoms with E-state index < -0.39 is 136 Å². The summed E-state index contributed by atoms with van der Waals surface area (Å²) in [5, 5.41) is 60.4. The average Bonchev–Trinajstić information content (AvgIpc) is 3.17. The Morgan fingerprint density at radius 2 is 0.604 bits per heavy atom. The van der Waals surface area contributed by atoms with Gasteiger partial charge in [0.2, 0.25) is 0 Å². The van der Waals surface area contributed by atoms with Gasteiger partial charge in [0.05, 0.1) is 39.6 Å². The van der Waals surface area contributed by atoms with Crippen LogP contribution in [0.2, 0.25) is 0 Å². The van der Waals surface area contributed by atoms with Crippen LogP contribution in [-0.4, -0.2) is 130 Å². The lowest BCUT2D eigenvalue weighted by Gasteiger charge is -2.42. The molecule has 0 aromatic rings. The maximum absolute atomic E-state index is 12.8. The molecule has 0 aromatic carbocycles. The molecular formula is C34H46O19. The van der Waals surface area contributed by atoms with Crippen LogP contribution in [0.15, 0.2) is 75.9 Å². The van der Waals surface area contributed by atoms with Gasteiger partial charge in [-0.15, -0.1) is 0 Å². The Bertz CT molecular complexity index is 1120. The first-order chi connectivity index (χ1) is 25.0. The SMILES string of the molecule is C=CC(=O)OC(OC(=O)C=C)(OC(=O)C=C)C(CCC(CO)(CO)CO)OC(CCC(CO)(CO)CO)C(OC(=O)C=C)(OC(=O)C=C)OC(=O)C=C. The molecule has 0 amide bonds. The molecule has 6 N–H and O–H groups in total. The van der Waals surface area contributed by atoms with Gasteiger partial charge in [0.15, 0.2) is 12.2 Å². The fourth-order valence-electron chi connectivity index (χ4n) is 4.11. The lowest BCUT2D eigenvalue weighted by atomic mass is 9.83. The smallest absolute Gasteiger partial charge is 0.396 e. The third kappa shape index (κ3) is 13.8. The molecule has 19 heteroatoms. The monoisotopic (exact) mass is 758 g/mol. The highest BCUT2D eigenvalue weighted by Gasteiger charge is 2.59. The van der Waals surface area contributed by atoms with E-state index in [1.54, 1.807) is 0 Å². The molecule has 0 rings (SSSR count). The van der Waals surface area contributed by atoms with Crippen LogP contribution >= 0.6 is 0 Å². The summed E-state index contributed by atoms with van der Waals surface area (Å²) in [5.74, 6) is -15.6. The van der Waals surface area contributed by atoms with Crippen molar-refractivity contribution in [2.24, 2.45) is 10.8 Å². The van der Waals surface area contributed by atoms with Crippen molar-refractivity contribution in [1.29, 1.82) is 0 Å². The van der Waals surface area contributed by atoms with Crippen LogP contribution in [0.1, 0.15) is 25.7 Å². The van der Waals surface area contributed by atoms with Gasteiger partial charge in [-0.2, -0.15) is 0 Å². The van der Waals surface area contributed by atoms with Crippen LogP contribution in [0.4, 0.5) is 0 Å². The second kappa shape index (κ2) is 22.8. The summed E-state index contributed by atoms with van der Waals surface area (Å²) in [5.41, 5.74) is -3.57. The summed E-state index contributed by atoms with van der Waals surface area (Å²) in [7, 11) is 0. The second-order valence-corrected chi connectivity index (χ2v) is 11.1. The van der Waals surface area contributed by atoms with E-state index >= 15 is 0 Å². The van der Waals surface area contributed by atoms with E-state index in [1.807, 2.05) is 0 Å². The quantitative estimate of drug-likeness (QED) is 0.0314. The number of carbonyl (C=O) groups excluding carboxylic acids is 6. The summed E-state index contributed by atoms with van der Waals surface area (Å²) >= 11 is 0. The Kier molecular flexibility index (Phi) is 20.7. The van der Waals surface area contributed by atoms with Crippen molar-refractivity contribution >= 4 is 35.8 Å². The Balaban J connectivity index is 8.46. The van der Waals surface area contributed by atoms with Crippen molar-refractivity contribution in [2.75, 3.05) is 39.6 Å². The van der Waals surface area contributed by atoms with Crippen molar-refractivity contribution in [3.8, 4) is 0 Å². The lowest BCUT2D eigenvalue weighted by molar-refractivity contribution is -0.405. The first kappa shape index (κ1) is 48.0. The maximum Gasteiger partial charge on any atom is 0.452 e. The third-order valence-electron chi connectivity index (χ3n) is 7.46. The van der Waals surface area contributed by atoms with Gasteiger partial charge in [-0.25, -0.2) is 28.8 Å². The third-order valence-corrected chi connectivity index (χ3v) is 7.46. The van der Waals surface area contributed by atoms with Gasteiger partial charge in [-0.3, -0.25) is 0 Å². The summed E-state index contributed by atoms with van der Waals surface area (Å²) in [6.07, 6.45) is -4.27. The van der Waals surface area contributed by atoms with Crippen molar-refractivity contribution in [2.45, 2.75) is 49.8 Å². The molecule has 0 saturated carbocycles. The number of ether oxygens (including phenoxy) is 7. The fourth-order valence-corrected chi connectivity index (χ4v) is 4.11. The Hall–Kier alpha value is -5.02. The molecule has 0 aliphatic rings. The predicted octanol–water partition coefficient (Wildman–Crippen LogP) is -1.09. The first-order valence-corrected chi connectivity index (χ1v) is 15.4. The van der Waals surface area contributed by atoms with E-state index in [4.69, 9.17) is 33.2 Å². The second-order valence-electron chi connectivity index (χ2n) is 11.1. The number of hydrogen-bond acceptors (Lipinski definition) is 19. The number of rotatable bonds is 28. The highest BCUT2D eigenvalue weighted by molar-refractivity contribution is 5.86. The van der Waals surface area contributed by atoms with Crippen molar-refractivity contribution in [3.63, 3.8) is 0 Å². The first-order valence-electron chi connectivity index (χ1n) is 15.4. The van der Waals surface area contributed by atoms with Gasteiger partial charge in [0, 0.05) is 47.3 Å². The summed E-state index contributed by atoms with van der Waals surface area (Å²) in [6.45, 7) is 13.9. The Labute approximate surface area is 304 Å². The summed E-state index contributed by atoms with van der Waals surface area (Å²) in [6, 6.07) is 0. The van der Waals surface area contributed by atoms with Gasteiger partial charge >= 0.3 is 47.8 Å². The summed E-state index contributed by atoms with van der Waals surface area (Å²) < 4.78 is 37.6. The van der Waals surface area contributed by atoms with Crippen LogP contribution < -0.4 is 0 Å². The molecule has 53 heavy (non-hydrogen) atoms. The van der Waals surface area contributed by atoms with E-state index in [0.717, 1.165) is 0 Å². The largest absolute Gasteiger partial charge is 0.452 e. The van der Waals surface area contributed by atoms with Gasteiger partial charge in [-0.05, 0) is 25.7 Å². The highest BCUT2D eigenvalue weighted by Crippen LogP contribution is 2.38. The zero-order valence-electron chi connectivity index (χ0n) is 28.9. The number of aliphatic hydroxyl groups is 6. The van der Waals surface area contributed by atoms with Crippen molar-refractivity contribution < 1.29 is 92.6 Å². The van der Waals surface area contributed by atoms with Crippen LogP contribution in [0.3, 0.4) is 0 Å². The molecule has 0 aromatic heterocycles. The average molecular weight is 759 g/mol. The van der Waals surface area contributed by atoms with E-state index in [1.165, 1.54) is 0 Å². The van der Waals surface area contributed by atoms with Gasteiger partial charge in [0.25, 0.3) is 0 Å². The topological polar surface area (TPSA) is 288 Å². The molecule has 2 unspecified atom stereocenters. The normalized spacial score (nSPS) is 12.8. The minimum absolute atomic E-state index is 0.526. The molecule has 0 saturated heterocycles. The van der Waals surface area contributed by atoms with E-state index in [2.05, 4.69) is 39.5 Å². The molecule has 0 fully saturated rings. The van der Waals surface area contributed by atoms with Crippen molar-refractivity contribution in [3.05, 3.63) is 75.9 Å². The zero-order chi connectivity index (χ0) is 40.9. The molecule has 2 atom stereocenters. The van der Waals surface area contributed by atoms with Gasteiger partial charge < -0.3 is 63.8 Å². The lowest BCUT2D eigenvalue weighted by Crippen LogP contribution is -2.60. The molecular weight excluding hydrogens is 712 g/mol. The van der Waals surface area contributed by atoms with Crippen LogP contribution in [0, 0.1) is 10.8 Å². The molecule has 19 nitrogen and oxygen atoms in total. The number of hydrogen-bond donors (Lipinski definition) is 6. The van der Waals surface area contributed by atoms with Crippen LogP contribution in [0.5, 0.6) is 0 Å². The Morgan fingerprint density at radius 3 is 0.755 bits per heavy atom. The standard InChI is InChI=1S/C34H46O19/c1-7-25(41)48-33(49-26(42)8-2,50-27(43)9-3)23(13-15-31(17-35,18-36)19-37)47-24(14-16-32(20-38,21-39)22-40)34(51-28(44)10-4,52-29(45)11-5)53-30(46)12-6/h7-12,23-24,35-40H,1-6,13-22H2. The maximum atomic E-state index is 12.8. The molecule has 0 aliphatic carbocycles. The van der Waals surface area contributed by atoms with E-state index in [0.29, 0.717) is 36.5 Å². The number of carbonyl (C=O) groups is 6.